The first-order valence-corrected chi connectivity index (χ1v) is 13.4. The third kappa shape index (κ3) is 35.6. The molecule has 0 radical (unpaired) electrons. The molecule has 0 atom stereocenters. The molecule has 0 rings (SSSR count). The lowest BCUT2D eigenvalue weighted by Gasteiger charge is -2.23. The molecule has 0 aliphatic heterocycles. The minimum Gasteiger partial charge on any atom is -0.726 e. The summed E-state index contributed by atoms with van der Waals surface area (Å²) in [7, 11) is 2.36. The predicted molar refractivity (Wildman–Crippen MR) is 124 cm³/mol. The van der Waals surface area contributed by atoms with Crippen LogP contribution in [0.3, 0.4) is 0 Å². The van der Waals surface area contributed by atoms with Crippen molar-refractivity contribution in [2.45, 2.75) is 117 Å². The van der Waals surface area contributed by atoms with E-state index >= 15 is 0 Å². The topological polar surface area (TPSA) is 66.4 Å². The van der Waals surface area contributed by atoms with Crippen LogP contribution in [-0.4, -0.2) is 51.7 Å². The second-order valence-corrected chi connectivity index (χ2v) is 10.2. The smallest absolute Gasteiger partial charge is 0.217 e. The molecule has 0 aliphatic rings. The summed E-state index contributed by atoms with van der Waals surface area (Å²) in [5.74, 6) is 0. The maximum atomic E-state index is 10.1. The van der Waals surface area contributed by atoms with E-state index in [9.17, 15) is 13.0 Å². The second-order valence-electron chi connectivity index (χ2n) is 9.19. The van der Waals surface area contributed by atoms with Gasteiger partial charge in [-0.1, -0.05) is 97.3 Å². The summed E-state index contributed by atoms with van der Waals surface area (Å²) in [6.07, 6.45) is 20.3. The molecule has 6 heteroatoms. The van der Waals surface area contributed by atoms with Gasteiger partial charge in [-0.15, -0.1) is 0 Å². The Balaban J connectivity index is 0. The van der Waals surface area contributed by atoms with Crippen molar-refractivity contribution in [2.24, 2.45) is 0 Å². The molecule has 0 aromatic carbocycles. The highest BCUT2D eigenvalue weighted by Crippen LogP contribution is 2.09. The number of rotatable bonds is 19. The zero-order valence-electron chi connectivity index (χ0n) is 20.2. The van der Waals surface area contributed by atoms with Crippen molar-refractivity contribution >= 4 is 10.4 Å². The number of nitrogens with zero attached hydrogens (tertiary/aromatic N) is 1. The minimum absolute atomic E-state index is 0.0286. The summed E-state index contributed by atoms with van der Waals surface area (Å²) in [5.41, 5.74) is 0. The number of hydrogen-bond donors (Lipinski definition) is 0. The van der Waals surface area contributed by atoms with E-state index in [2.05, 4.69) is 39.2 Å². The van der Waals surface area contributed by atoms with Gasteiger partial charge in [-0.05, 0) is 19.3 Å². The molecule has 29 heavy (non-hydrogen) atoms. The number of unbranched alkanes of at least 4 members (excludes halogenated alkanes) is 14. The van der Waals surface area contributed by atoms with Crippen LogP contribution in [0, 0.1) is 0 Å². The van der Waals surface area contributed by atoms with Gasteiger partial charge in [0, 0.05) is 0 Å². The molecule has 0 amide bonds. The van der Waals surface area contributed by atoms with Crippen LogP contribution in [-0.2, 0) is 14.6 Å². The fourth-order valence-electron chi connectivity index (χ4n) is 3.12. The van der Waals surface area contributed by atoms with E-state index in [4.69, 9.17) is 0 Å². The molecule has 5 nitrogen and oxygen atoms in total. The van der Waals surface area contributed by atoms with Crippen LogP contribution in [0.1, 0.15) is 117 Å². The van der Waals surface area contributed by atoms with Crippen LogP contribution in [0.4, 0.5) is 0 Å². The molecule has 0 unspecified atom stereocenters. The maximum absolute atomic E-state index is 10.1. The third-order valence-corrected chi connectivity index (χ3v) is 5.36. The van der Waals surface area contributed by atoms with E-state index in [0.29, 0.717) is 6.42 Å². The van der Waals surface area contributed by atoms with Gasteiger partial charge in [0.2, 0.25) is 10.4 Å². The summed E-state index contributed by atoms with van der Waals surface area (Å²) in [6, 6.07) is 0. The van der Waals surface area contributed by atoms with Gasteiger partial charge in [-0.2, -0.15) is 0 Å². The minimum atomic E-state index is -4.48. The Morgan fingerprint density at radius 2 is 0.966 bits per heavy atom. The lowest BCUT2D eigenvalue weighted by atomic mass is 10.1. The first-order valence-electron chi connectivity index (χ1n) is 12.0. The van der Waals surface area contributed by atoms with Crippen LogP contribution in [0.2, 0.25) is 0 Å². The fourth-order valence-corrected chi connectivity index (χ4v) is 3.44. The van der Waals surface area contributed by atoms with Gasteiger partial charge in [0.15, 0.2) is 0 Å². The molecule has 0 spiro atoms. The predicted octanol–water partition coefficient (Wildman–Crippen LogP) is 6.44. The molecule has 0 saturated carbocycles. The van der Waals surface area contributed by atoms with Gasteiger partial charge in [0.1, 0.15) is 0 Å². The van der Waals surface area contributed by atoms with Crippen molar-refractivity contribution in [3.8, 4) is 0 Å². The average molecular weight is 438 g/mol. The second kappa shape index (κ2) is 21.1. The Morgan fingerprint density at radius 1 is 0.621 bits per heavy atom. The van der Waals surface area contributed by atoms with Gasteiger partial charge in [-0.3, -0.25) is 4.18 Å². The maximum Gasteiger partial charge on any atom is 0.217 e. The molecule has 178 valence electrons. The first kappa shape index (κ1) is 31.0. The first-order chi connectivity index (χ1) is 13.6. The van der Waals surface area contributed by atoms with E-state index in [1.54, 1.807) is 0 Å². The molecule has 0 aromatic heterocycles. The molecular formula is C23H51NO4S. The van der Waals surface area contributed by atoms with Crippen LogP contribution in [0.15, 0.2) is 0 Å². The summed E-state index contributed by atoms with van der Waals surface area (Å²) in [5, 5.41) is 0. The van der Waals surface area contributed by atoms with Crippen LogP contribution in [0.25, 0.3) is 0 Å². The third-order valence-electron chi connectivity index (χ3n) is 4.91. The highest BCUT2D eigenvalue weighted by atomic mass is 32.3. The number of quaternary nitrogens is 1. The summed E-state index contributed by atoms with van der Waals surface area (Å²) in [4.78, 5) is 0. The van der Waals surface area contributed by atoms with Gasteiger partial charge < -0.3 is 9.04 Å². The largest absolute Gasteiger partial charge is 0.726 e. The lowest BCUT2D eigenvalue weighted by Crippen LogP contribution is -2.35. The fraction of sp³-hybridized carbons (Fsp3) is 1.00. The van der Waals surface area contributed by atoms with Crippen molar-refractivity contribution in [3.63, 3.8) is 0 Å². The van der Waals surface area contributed by atoms with Crippen LogP contribution >= 0.6 is 0 Å². The molecule has 0 aliphatic carbocycles. The molecule has 0 heterocycles. The van der Waals surface area contributed by atoms with Gasteiger partial charge in [0.05, 0.1) is 34.3 Å². The van der Waals surface area contributed by atoms with Crippen molar-refractivity contribution in [2.75, 3.05) is 34.3 Å². The Labute approximate surface area is 183 Å². The van der Waals surface area contributed by atoms with Gasteiger partial charge >= 0.3 is 0 Å². The highest BCUT2D eigenvalue weighted by Gasteiger charge is 2.04. The SMILES string of the molecule is CCCCCCCCCCOS(=O)(=O)[O-].CCCCCCCCCC[N+](C)(C)C. The normalized spacial score (nSPS) is 11.9. The standard InChI is InChI=1S/C13H30N.C10H22O4S/c1-5-6-7-8-9-10-11-12-13-14(2,3)4;1-2-3-4-5-6-7-8-9-10-14-15(11,12)13/h5-13H2,1-4H3;2-10H2,1H3,(H,11,12,13)/q+1;/p-1. The van der Waals surface area contributed by atoms with E-state index in [0.717, 1.165) is 17.3 Å². The van der Waals surface area contributed by atoms with Crippen LogP contribution in [0.5, 0.6) is 0 Å². The summed E-state index contributed by atoms with van der Waals surface area (Å²) < 4.78 is 35.4. The monoisotopic (exact) mass is 437 g/mol. The highest BCUT2D eigenvalue weighted by molar-refractivity contribution is 7.80. The van der Waals surface area contributed by atoms with Gasteiger partial charge in [0.25, 0.3) is 0 Å². The van der Waals surface area contributed by atoms with Crippen LogP contribution < -0.4 is 0 Å². The zero-order valence-corrected chi connectivity index (χ0v) is 21.0. The van der Waals surface area contributed by atoms with Gasteiger partial charge in [-0.25, -0.2) is 8.42 Å². The average Bonchev–Trinajstić information content (AvgIpc) is 2.61. The van der Waals surface area contributed by atoms with Crippen molar-refractivity contribution in [1.82, 2.24) is 0 Å². The van der Waals surface area contributed by atoms with Crippen molar-refractivity contribution < 1.29 is 21.6 Å². The Hall–Kier alpha value is -0.170. The molecule has 0 bridgehead atoms. The lowest BCUT2D eigenvalue weighted by molar-refractivity contribution is -0.870. The van der Waals surface area contributed by atoms with Crippen molar-refractivity contribution in [3.05, 3.63) is 0 Å². The summed E-state index contributed by atoms with van der Waals surface area (Å²) in [6.45, 7) is 5.82. The van der Waals surface area contributed by atoms with E-state index in [1.165, 1.54) is 90.0 Å². The number of hydrogen-bond acceptors (Lipinski definition) is 4. The molecule has 0 saturated heterocycles. The molecule has 0 N–H and O–H groups in total. The molecule has 0 aromatic rings. The van der Waals surface area contributed by atoms with E-state index in [-0.39, 0.29) is 6.61 Å². The Morgan fingerprint density at radius 3 is 1.31 bits per heavy atom. The quantitative estimate of drug-likeness (QED) is 0.101. The van der Waals surface area contributed by atoms with E-state index in [1.807, 2.05) is 0 Å². The zero-order chi connectivity index (χ0) is 22.4. The molecule has 0 fully saturated rings. The van der Waals surface area contributed by atoms with E-state index < -0.39 is 10.4 Å². The Kier molecular flexibility index (Phi) is 22.5. The van der Waals surface area contributed by atoms with Crippen molar-refractivity contribution in [1.29, 1.82) is 0 Å². The summed E-state index contributed by atoms with van der Waals surface area (Å²) >= 11 is 0. The Bertz CT molecular complexity index is 419. The molecular weight excluding hydrogens is 386 g/mol.